The molecule has 1 saturated heterocycles. The molecule has 0 radical (unpaired) electrons. The number of likely N-dealkylation sites (tertiary alicyclic amines) is 1. The van der Waals surface area contributed by atoms with Crippen molar-refractivity contribution in [1.29, 1.82) is 0 Å². The van der Waals surface area contributed by atoms with Crippen LogP contribution in [-0.4, -0.2) is 40.8 Å². The number of aromatic nitrogens is 1. The number of hydrogen-bond donors (Lipinski definition) is 1. The molecule has 1 aliphatic rings. The molecule has 2 aromatic rings. The van der Waals surface area contributed by atoms with Crippen LogP contribution in [0.2, 0.25) is 0 Å². The van der Waals surface area contributed by atoms with E-state index >= 15 is 0 Å². The Morgan fingerprint density at radius 2 is 2.04 bits per heavy atom. The standard InChI is InChI=1S/C21H27N3O2S/c1-4-14(2)23-20(25)17-8-7-15(3)22-19(17)16-9-11-24(12-10-16)21(26)18-6-5-13-27-18/h5-8,13-14,16H,4,9-12H2,1-3H3,(H,23,25)/t14-/m1/s1. The normalized spacial score (nSPS) is 16.2. The fraction of sp³-hybridized carbons (Fsp3) is 0.476. The summed E-state index contributed by atoms with van der Waals surface area (Å²) in [6.07, 6.45) is 2.55. The molecule has 3 heterocycles. The monoisotopic (exact) mass is 385 g/mol. The van der Waals surface area contributed by atoms with E-state index in [0.717, 1.165) is 35.5 Å². The van der Waals surface area contributed by atoms with Crippen molar-refractivity contribution in [2.45, 2.75) is 52.0 Å². The summed E-state index contributed by atoms with van der Waals surface area (Å²) in [6.45, 7) is 7.41. The Morgan fingerprint density at radius 1 is 1.30 bits per heavy atom. The van der Waals surface area contributed by atoms with Gasteiger partial charge in [-0.1, -0.05) is 13.0 Å². The average molecular weight is 386 g/mol. The third kappa shape index (κ3) is 4.56. The molecule has 0 saturated carbocycles. The minimum Gasteiger partial charge on any atom is -0.350 e. The lowest BCUT2D eigenvalue weighted by Gasteiger charge is -2.32. The smallest absolute Gasteiger partial charge is 0.263 e. The number of amides is 2. The lowest BCUT2D eigenvalue weighted by Crippen LogP contribution is -2.38. The van der Waals surface area contributed by atoms with Crippen LogP contribution in [0, 0.1) is 6.92 Å². The summed E-state index contributed by atoms with van der Waals surface area (Å²) in [7, 11) is 0. The van der Waals surface area contributed by atoms with Crippen LogP contribution in [0.15, 0.2) is 29.6 Å². The highest BCUT2D eigenvalue weighted by Gasteiger charge is 2.28. The molecule has 0 aromatic carbocycles. The summed E-state index contributed by atoms with van der Waals surface area (Å²) in [6, 6.07) is 7.70. The Balaban J connectivity index is 1.73. The maximum absolute atomic E-state index is 12.7. The molecule has 0 aliphatic carbocycles. The van der Waals surface area contributed by atoms with Gasteiger partial charge in [-0.05, 0) is 56.7 Å². The van der Waals surface area contributed by atoms with E-state index in [0.29, 0.717) is 18.7 Å². The zero-order valence-electron chi connectivity index (χ0n) is 16.2. The summed E-state index contributed by atoms with van der Waals surface area (Å²) >= 11 is 1.48. The molecule has 2 aromatic heterocycles. The molecule has 5 nitrogen and oxygen atoms in total. The molecule has 3 rings (SSSR count). The average Bonchev–Trinajstić information content (AvgIpc) is 3.22. The Labute approximate surface area is 164 Å². The van der Waals surface area contributed by atoms with Crippen LogP contribution in [0.3, 0.4) is 0 Å². The van der Waals surface area contributed by atoms with Crippen molar-refractivity contribution in [1.82, 2.24) is 15.2 Å². The fourth-order valence-corrected chi connectivity index (χ4v) is 4.09. The quantitative estimate of drug-likeness (QED) is 0.846. The van der Waals surface area contributed by atoms with Crippen molar-refractivity contribution in [3.05, 3.63) is 51.5 Å². The highest BCUT2D eigenvalue weighted by atomic mass is 32.1. The van der Waals surface area contributed by atoms with Gasteiger partial charge in [-0.2, -0.15) is 0 Å². The zero-order chi connectivity index (χ0) is 19.4. The number of pyridine rings is 1. The van der Waals surface area contributed by atoms with E-state index in [-0.39, 0.29) is 23.8 Å². The summed E-state index contributed by atoms with van der Waals surface area (Å²) in [5.74, 6) is 0.259. The predicted octanol–water partition coefficient (Wildman–Crippen LogP) is 4.00. The van der Waals surface area contributed by atoms with E-state index in [1.807, 2.05) is 48.4 Å². The van der Waals surface area contributed by atoms with Crippen molar-refractivity contribution < 1.29 is 9.59 Å². The molecule has 1 fully saturated rings. The molecular formula is C21H27N3O2S. The first-order valence-corrected chi connectivity index (χ1v) is 10.5. The second-order valence-electron chi connectivity index (χ2n) is 7.21. The zero-order valence-corrected chi connectivity index (χ0v) is 17.0. The molecule has 2 amide bonds. The molecule has 27 heavy (non-hydrogen) atoms. The van der Waals surface area contributed by atoms with Crippen LogP contribution < -0.4 is 5.32 Å². The lowest BCUT2D eigenvalue weighted by molar-refractivity contribution is 0.0715. The van der Waals surface area contributed by atoms with Gasteiger partial charge < -0.3 is 10.2 Å². The van der Waals surface area contributed by atoms with Gasteiger partial charge in [0.25, 0.3) is 11.8 Å². The van der Waals surface area contributed by atoms with E-state index in [1.165, 1.54) is 11.3 Å². The number of aryl methyl sites for hydroxylation is 1. The lowest BCUT2D eigenvalue weighted by atomic mass is 9.89. The second-order valence-corrected chi connectivity index (χ2v) is 8.16. The van der Waals surface area contributed by atoms with E-state index in [4.69, 9.17) is 4.98 Å². The Kier molecular flexibility index (Phi) is 6.26. The molecule has 1 atom stereocenters. The first kappa shape index (κ1) is 19.5. The predicted molar refractivity (Wildman–Crippen MR) is 108 cm³/mol. The molecule has 6 heteroatoms. The van der Waals surface area contributed by atoms with Crippen molar-refractivity contribution in [3.8, 4) is 0 Å². The van der Waals surface area contributed by atoms with Gasteiger partial charge in [0.15, 0.2) is 0 Å². The largest absolute Gasteiger partial charge is 0.350 e. The third-order valence-corrected chi connectivity index (χ3v) is 6.06. The van der Waals surface area contributed by atoms with Crippen LogP contribution in [0.5, 0.6) is 0 Å². The number of nitrogens with zero attached hydrogens (tertiary/aromatic N) is 2. The van der Waals surface area contributed by atoms with Crippen LogP contribution in [0.25, 0.3) is 0 Å². The third-order valence-electron chi connectivity index (χ3n) is 5.20. The summed E-state index contributed by atoms with van der Waals surface area (Å²) in [5.41, 5.74) is 2.46. The maximum atomic E-state index is 12.7. The van der Waals surface area contributed by atoms with E-state index in [2.05, 4.69) is 12.2 Å². The summed E-state index contributed by atoms with van der Waals surface area (Å²) in [4.78, 5) is 32.7. The minimum absolute atomic E-state index is 0.0519. The molecule has 144 valence electrons. The van der Waals surface area contributed by atoms with E-state index in [9.17, 15) is 9.59 Å². The van der Waals surface area contributed by atoms with Crippen LogP contribution in [0.1, 0.15) is 70.4 Å². The number of thiophene rings is 1. The van der Waals surface area contributed by atoms with Gasteiger partial charge in [0.1, 0.15) is 0 Å². The number of nitrogens with one attached hydrogen (secondary N) is 1. The van der Waals surface area contributed by atoms with Crippen molar-refractivity contribution >= 4 is 23.2 Å². The number of carbonyl (C=O) groups excluding carboxylic acids is 2. The first-order valence-electron chi connectivity index (χ1n) is 9.60. The van der Waals surface area contributed by atoms with Crippen molar-refractivity contribution in [2.75, 3.05) is 13.1 Å². The van der Waals surface area contributed by atoms with Gasteiger partial charge >= 0.3 is 0 Å². The second kappa shape index (κ2) is 8.65. The first-order chi connectivity index (χ1) is 13.0. The SMILES string of the molecule is CC[C@@H](C)NC(=O)c1ccc(C)nc1C1CCN(C(=O)c2cccs2)CC1. The van der Waals surface area contributed by atoms with Gasteiger partial charge in [0, 0.05) is 30.7 Å². The molecule has 1 N–H and O–H groups in total. The Bertz CT molecular complexity index is 796. The minimum atomic E-state index is -0.0519. The van der Waals surface area contributed by atoms with Crippen molar-refractivity contribution in [3.63, 3.8) is 0 Å². The molecule has 0 bridgehead atoms. The van der Waals surface area contributed by atoms with Crippen molar-refractivity contribution in [2.24, 2.45) is 0 Å². The maximum Gasteiger partial charge on any atom is 0.263 e. The van der Waals surface area contributed by atoms with Crippen LogP contribution in [-0.2, 0) is 0 Å². The Hall–Kier alpha value is -2.21. The van der Waals surface area contributed by atoms with Crippen LogP contribution >= 0.6 is 11.3 Å². The molecular weight excluding hydrogens is 358 g/mol. The number of carbonyl (C=O) groups is 2. The van der Waals surface area contributed by atoms with Gasteiger partial charge in [0.2, 0.25) is 0 Å². The molecule has 0 spiro atoms. The van der Waals surface area contributed by atoms with Gasteiger partial charge in [-0.3, -0.25) is 14.6 Å². The number of rotatable bonds is 5. The van der Waals surface area contributed by atoms with Gasteiger partial charge in [0.05, 0.1) is 16.1 Å². The van der Waals surface area contributed by atoms with E-state index < -0.39 is 0 Å². The number of piperidine rings is 1. The topological polar surface area (TPSA) is 62.3 Å². The van der Waals surface area contributed by atoms with Crippen LogP contribution in [0.4, 0.5) is 0 Å². The Morgan fingerprint density at radius 3 is 2.67 bits per heavy atom. The number of hydrogen-bond acceptors (Lipinski definition) is 4. The highest BCUT2D eigenvalue weighted by Crippen LogP contribution is 2.30. The molecule has 0 unspecified atom stereocenters. The van der Waals surface area contributed by atoms with Gasteiger partial charge in [-0.25, -0.2) is 0 Å². The summed E-state index contributed by atoms with van der Waals surface area (Å²) in [5, 5.41) is 4.98. The van der Waals surface area contributed by atoms with Gasteiger partial charge in [-0.15, -0.1) is 11.3 Å². The molecule has 1 aliphatic heterocycles. The highest BCUT2D eigenvalue weighted by molar-refractivity contribution is 7.12. The fourth-order valence-electron chi connectivity index (χ4n) is 3.40. The van der Waals surface area contributed by atoms with E-state index in [1.54, 1.807) is 0 Å². The summed E-state index contributed by atoms with van der Waals surface area (Å²) < 4.78 is 0.